The number of rotatable bonds is 0. The third-order valence-corrected chi connectivity index (χ3v) is 1.53. The molecule has 2 rings (SSSR count). The summed E-state index contributed by atoms with van der Waals surface area (Å²) in [5, 5.41) is 3.79. The van der Waals surface area contributed by atoms with Gasteiger partial charge in [0.15, 0.2) is 0 Å². The van der Waals surface area contributed by atoms with Crippen LogP contribution in [-0.2, 0) is 0 Å². The lowest BCUT2D eigenvalue weighted by Crippen LogP contribution is -1.95. The molecule has 2 heteroatoms. The molecule has 45 valence electrons. The van der Waals surface area contributed by atoms with Gasteiger partial charge in [0, 0.05) is 5.57 Å². The summed E-state index contributed by atoms with van der Waals surface area (Å²) in [7, 11) is 0. The van der Waals surface area contributed by atoms with E-state index in [9.17, 15) is 0 Å². The molecule has 9 heavy (non-hydrogen) atoms. The Morgan fingerprint density at radius 2 is 2.11 bits per heavy atom. The summed E-state index contributed by atoms with van der Waals surface area (Å²) >= 11 is 0. The van der Waals surface area contributed by atoms with Crippen molar-refractivity contribution in [2.45, 2.75) is 12.8 Å². The molecule has 0 saturated carbocycles. The number of allylic oxidation sites excluding steroid dienone is 3. The van der Waals surface area contributed by atoms with Crippen LogP contribution in [0.4, 0.5) is 0 Å². The van der Waals surface area contributed by atoms with E-state index >= 15 is 0 Å². The summed E-state index contributed by atoms with van der Waals surface area (Å²) in [5.74, 6) is 0. The second-order valence-corrected chi connectivity index (χ2v) is 2.17. The van der Waals surface area contributed by atoms with Gasteiger partial charge in [-0.1, -0.05) is 12.2 Å². The Hall–Kier alpha value is -1.05. The fraction of sp³-hybridized carbons (Fsp3) is 0.286. The third kappa shape index (κ3) is 0.669. The second kappa shape index (κ2) is 1.72. The van der Waals surface area contributed by atoms with Crippen LogP contribution in [0.15, 0.2) is 28.5 Å². The summed E-state index contributed by atoms with van der Waals surface area (Å²) in [5.41, 5.74) is 6.17. The summed E-state index contributed by atoms with van der Waals surface area (Å²) in [6.45, 7) is 0. The van der Waals surface area contributed by atoms with Gasteiger partial charge in [0.2, 0.25) is 0 Å². The molecule has 0 saturated heterocycles. The van der Waals surface area contributed by atoms with Gasteiger partial charge in [-0.25, -0.2) is 0 Å². The van der Waals surface area contributed by atoms with Gasteiger partial charge in [0.25, 0.3) is 0 Å². The van der Waals surface area contributed by atoms with Crippen LogP contribution in [0, 0.1) is 0 Å². The summed E-state index contributed by atoms with van der Waals surface area (Å²) in [6, 6.07) is 0. The van der Waals surface area contributed by atoms with Gasteiger partial charge in [0.05, 0.1) is 11.9 Å². The first-order chi connectivity index (χ1) is 4.47. The van der Waals surface area contributed by atoms with Crippen molar-refractivity contribution in [3.8, 4) is 0 Å². The molecule has 0 N–H and O–H groups in total. The van der Waals surface area contributed by atoms with Gasteiger partial charge in [-0.3, -0.25) is 0 Å². The van der Waals surface area contributed by atoms with Crippen molar-refractivity contribution >= 4 is 6.21 Å². The molecule has 0 bridgehead atoms. The third-order valence-electron chi connectivity index (χ3n) is 1.53. The van der Waals surface area contributed by atoms with Crippen molar-refractivity contribution in [1.29, 1.82) is 0 Å². The summed E-state index contributed by atoms with van der Waals surface area (Å²) in [4.78, 5) is 0. The van der Waals surface area contributed by atoms with E-state index in [2.05, 4.69) is 22.7 Å². The van der Waals surface area contributed by atoms with Crippen molar-refractivity contribution in [3.05, 3.63) is 23.4 Å². The van der Waals surface area contributed by atoms with Crippen LogP contribution in [0.1, 0.15) is 12.8 Å². The SMILES string of the molecule is C1=N[N]C2=CCCC=C12. The smallest absolute Gasteiger partial charge is 0.0902 e. The van der Waals surface area contributed by atoms with Crippen LogP contribution >= 0.6 is 0 Å². The van der Waals surface area contributed by atoms with E-state index in [-0.39, 0.29) is 0 Å². The predicted octanol–water partition coefficient (Wildman–Crippen LogP) is 1.19. The Morgan fingerprint density at radius 1 is 1.22 bits per heavy atom. The molecule has 1 heterocycles. The Balaban J connectivity index is 2.38. The van der Waals surface area contributed by atoms with Gasteiger partial charge in [0.1, 0.15) is 0 Å². The maximum Gasteiger partial charge on any atom is 0.0902 e. The van der Waals surface area contributed by atoms with Crippen LogP contribution in [0.5, 0.6) is 0 Å². The molecular weight excluding hydrogens is 112 g/mol. The molecule has 1 aliphatic heterocycles. The molecule has 1 aliphatic carbocycles. The van der Waals surface area contributed by atoms with Crippen LogP contribution in [0.3, 0.4) is 0 Å². The van der Waals surface area contributed by atoms with Gasteiger partial charge in [-0.2, -0.15) is 10.5 Å². The molecule has 0 spiro atoms. The molecule has 0 unspecified atom stereocenters. The quantitative estimate of drug-likeness (QED) is 0.458. The zero-order valence-electron chi connectivity index (χ0n) is 5.04. The van der Waals surface area contributed by atoms with E-state index < -0.39 is 0 Å². The predicted molar refractivity (Wildman–Crippen MR) is 36.0 cm³/mol. The number of hydrogen-bond acceptors (Lipinski definition) is 1. The van der Waals surface area contributed by atoms with Crippen LogP contribution in [0.25, 0.3) is 0 Å². The highest BCUT2D eigenvalue weighted by Gasteiger charge is 2.11. The minimum atomic E-state index is 1.06. The van der Waals surface area contributed by atoms with E-state index in [1.165, 1.54) is 5.57 Å². The lowest BCUT2D eigenvalue weighted by molar-refractivity contribution is 0.888. The zero-order chi connectivity index (χ0) is 6.10. The largest absolute Gasteiger partial charge is 0.158 e. The van der Waals surface area contributed by atoms with E-state index in [4.69, 9.17) is 0 Å². The van der Waals surface area contributed by atoms with E-state index in [0.29, 0.717) is 0 Å². The highest BCUT2D eigenvalue weighted by atomic mass is 15.3. The average Bonchev–Trinajstić information content (AvgIpc) is 2.33. The van der Waals surface area contributed by atoms with Crippen molar-refractivity contribution in [1.82, 2.24) is 5.43 Å². The minimum absolute atomic E-state index is 1.06. The van der Waals surface area contributed by atoms with Crippen molar-refractivity contribution in [2.75, 3.05) is 0 Å². The molecule has 1 radical (unpaired) electrons. The van der Waals surface area contributed by atoms with Gasteiger partial charge in [-0.05, 0) is 12.8 Å². The maximum atomic E-state index is 3.92. The average molecular weight is 119 g/mol. The van der Waals surface area contributed by atoms with Gasteiger partial charge < -0.3 is 0 Å². The summed E-state index contributed by atoms with van der Waals surface area (Å²) < 4.78 is 0. The van der Waals surface area contributed by atoms with Crippen molar-refractivity contribution < 1.29 is 0 Å². The van der Waals surface area contributed by atoms with Gasteiger partial charge >= 0.3 is 0 Å². The van der Waals surface area contributed by atoms with Crippen LogP contribution < -0.4 is 5.43 Å². The monoisotopic (exact) mass is 119 g/mol. The number of nitrogens with zero attached hydrogens (tertiary/aromatic N) is 2. The molecule has 0 aromatic heterocycles. The fourth-order valence-electron chi connectivity index (χ4n) is 1.05. The molecule has 0 fully saturated rings. The lowest BCUT2D eigenvalue weighted by Gasteiger charge is -2.01. The zero-order valence-corrected chi connectivity index (χ0v) is 5.04. The first-order valence-electron chi connectivity index (χ1n) is 3.11. The van der Waals surface area contributed by atoms with E-state index in [1.54, 1.807) is 0 Å². The molecule has 2 nitrogen and oxygen atoms in total. The topological polar surface area (TPSA) is 26.5 Å². The summed E-state index contributed by atoms with van der Waals surface area (Å²) in [6.07, 6.45) is 8.37. The molecule has 0 aromatic carbocycles. The Bertz CT molecular complexity index is 211. The maximum absolute atomic E-state index is 3.92. The van der Waals surface area contributed by atoms with Crippen LogP contribution in [-0.4, -0.2) is 6.21 Å². The molecular formula is C7H7N2. The molecule has 2 aliphatic rings. The standard InChI is InChI=1S/C7H7N2/c1-2-4-7-6(3-1)5-8-9-7/h3-5H,1-2H2. The highest BCUT2D eigenvalue weighted by Crippen LogP contribution is 2.18. The van der Waals surface area contributed by atoms with Crippen molar-refractivity contribution in [3.63, 3.8) is 0 Å². The molecule has 0 atom stereocenters. The fourth-order valence-corrected chi connectivity index (χ4v) is 1.05. The normalized spacial score (nSPS) is 22.2. The van der Waals surface area contributed by atoms with E-state index in [0.717, 1.165) is 18.5 Å². The second-order valence-electron chi connectivity index (χ2n) is 2.17. The lowest BCUT2D eigenvalue weighted by atomic mass is 10.1. The Labute approximate surface area is 54.0 Å². The first kappa shape index (κ1) is 4.79. The Kier molecular flexibility index (Phi) is 0.918. The van der Waals surface area contributed by atoms with Crippen molar-refractivity contribution in [2.24, 2.45) is 5.10 Å². The number of fused-ring (bicyclic) bond motifs is 1. The van der Waals surface area contributed by atoms with Crippen LogP contribution in [0.2, 0.25) is 0 Å². The Morgan fingerprint density at radius 3 is 3.00 bits per heavy atom. The minimum Gasteiger partial charge on any atom is -0.158 e. The number of hydrogen-bond donors (Lipinski definition) is 0. The highest BCUT2D eigenvalue weighted by molar-refractivity contribution is 5.86. The molecule has 0 aromatic rings. The molecule has 0 amide bonds. The van der Waals surface area contributed by atoms with Gasteiger partial charge in [-0.15, -0.1) is 0 Å². The first-order valence-corrected chi connectivity index (χ1v) is 3.11. The van der Waals surface area contributed by atoms with E-state index in [1.807, 2.05) is 6.21 Å².